The first-order valence-corrected chi connectivity index (χ1v) is 14.1. The van der Waals surface area contributed by atoms with Crippen LogP contribution < -0.4 is 0 Å². The lowest BCUT2D eigenvalue weighted by Crippen LogP contribution is -2.00. The van der Waals surface area contributed by atoms with Gasteiger partial charge >= 0.3 is 0 Å². The molecule has 0 fully saturated rings. The van der Waals surface area contributed by atoms with Crippen LogP contribution in [0, 0.1) is 0 Å². The molecule has 0 spiro atoms. The van der Waals surface area contributed by atoms with E-state index in [-0.39, 0.29) is 0 Å². The number of pyridine rings is 1. The summed E-state index contributed by atoms with van der Waals surface area (Å²) in [6.07, 6.45) is 8.76. The topological polar surface area (TPSA) is 38.7 Å². The van der Waals surface area contributed by atoms with Gasteiger partial charge in [-0.3, -0.25) is 0 Å². The van der Waals surface area contributed by atoms with E-state index in [1.807, 2.05) is 29.5 Å². The highest BCUT2D eigenvalue weighted by molar-refractivity contribution is 7.26. The highest BCUT2D eigenvalue weighted by Gasteiger charge is 2.19. The lowest BCUT2D eigenvalue weighted by molar-refractivity contribution is 1.03. The number of allylic oxidation sites excluding steroid dienone is 4. The van der Waals surface area contributed by atoms with Gasteiger partial charge in [0, 0.05) is 41.9 Å². The summed E-state index contributed by atoms with van der Waals surface area (Å²) in [5.41, 5.74) is 5.78. The highest BCUT2D eigenvalue weighted by Crippen LogP contribution is 2.43. The summed E-state index contributed by atoms with van der Waals surface area (Å²) in [7, 11) is 0. The maximum atomic E-state index is 5.23. The highest BCUT2D eigenvalue weighted by atomic mass is 32.1. The fraction of sp³-hybridized carbons (Fsp3) is 0.0571. The van der Waals surface area contributed by atoms with Crippen molar-refractivity contribution in [3.05, 3.63) is 121 Å². The van der Waals surface area contributed by atoms with Crippen LogP contribution in [-0.4, -0.2) is 15.0 Å². The molecule has 0 amide bonds. The number of benzene rings is 4. The Kier molecular flexibility index (Phi) is 5.13. The molecule has 1 aliphatic rings. The van der Waals surface area contributed by atoms with Gasteiger partial charge in [0.15, 0.2) is 5.82 Å². The largest absolute Gasteiger partial charge is 0.245 e. The molecule has 0 saturated carbocycles. The van der Waals surface area contributed by atoms with Gasteiger partial charge in [-0.2, -0.15) is 0 Å². The van der Waals surface area contributed by atoms with Gasteiger partial charge < -0.3 is 0 Å². The Morgan fingerprint density at radius 2 is 1.38 bits per heavy atom. The summed E-state index contributed by atoms with van der Waals surface area (Å²) < 4.78 is 2.60. The van der Waals surface area contributed by atoms with Crippen molar-refractivity contribution in [3.63, 3.8) is 0 Å². The molecule has 4 aromatic carbocycles. The first kappa shape index (κ1) is 22.3. The summed E-state index contributed by atoms with van der Waals surface area (Å²) in [6, 6.07) is 34.0. The van der Waals surface area contributed by atoms with Crippen molar-refractivity contribution in [1.29, 1.82) is 0 Å². The van der Waals surface area contributed by atoms with E-state index in [1.54, 1.807) is 0 Å². The lowest BCUT2D eigenvalue weighted by Gasteiger charge is -2.14. The van der Waals surface area contributed by atoms with Gasteiger partial charge in [-0.05, 0) is 36.6 Å². The van der Waals surface area contributed by atoms with Crippen LogP contribution in [0.5, 0.6) is 0 Å². The second-order valence-electron chi connectivity index (χ2n) is 9.91. The smallest absolute Gasteiger partial charge is 0.160 e. The second kappa shape index (κ2) is 8.97. The quantitative estimate of drug-likeness (QED) is 0.219. The minimum Gasteiger partial charge on any atom is -0.245 e. The number of rotatable bonds is 3. The number of para-hydroxylation sites is 1. The molecule has 184 valence electrons. The first-order chi connectivity index (χ1) is 19.3. The summed E-state index contributed by atoms with van der Waals surface area (Å²) in [4.78, 5) is 15.4. The summed E-state index contributed by atoms with van der Waals surface area (Å²) in [5.74, 6) is 0.717. The van der Waals surface area contributed by atoms with E-state index >= 15 is 0 Å². The average molecular weight is 518 g/mol. The zero-order valence-corrected chi connectivity index (χ0v) is 22.0. The third kappa shape index (κ3) is 3.68. The van der Waals surface area contributed by atoms with Crippen molar-refractivity contribution in [2.75, 3.05) is 0 Å². The van der Waals surface area contributed by atoms with Gasteiger partial charge in [-0.15, -0.1) is 11.3 Å². The van der Waals surface area contributed by atoms with Crippen LogP contribution in [0.2, 0.25) is 0 Å². The lowest BCUT2D eigenvalue weighted by atomic mass is 9.98. The minimum absolute atomic E-state index is 0.717. The minimum atomic E-state index is 0.717. The van der Waals surface area contributed by atoms with E-state index in [9.17, 15) is 0 Å². The molecule has 8 rings (SSSR count). The van der Waals surface area contributed by atoms with Crippen LogP contribution in [-0.2, 0) is 0 Å². The molecule has 0 N–H and O–H groups in total. The molecule has 0 saturated heterocycles. The molecule has 0 atom stereocenters. The van der Waals surface area contributed by atoms with E-state index in [0.29, 0.717) is 5.82 Å². The Morgan fingerprint density at radius 3 is 2.26 bits per heavy atom. The van der Waals surface area contributed by atoms with Crippen LogP contribution in [0.3, 0.4) is 0 Å². The standard InChI is InChI=1S/C35H23N3S/c1-3-11-22(12-4-1)29-21-30(38-35(37-29)23-13-5-2-6-14-23)33-27-20-19-25-24-15-8-10-18-31(24)39-34(25)32(27)26-16-7-9-17-28(26)36-33/h2-3,5-21H,1,4H2. The van der Waals surface area contributed by atoms with Crippen molar-refractivity contribution in [1.82, 2.24) is 15.0 Å². The van der Waals surface area contributed by atoms with Gasteiger partial charge in [0.1, 0.15) is 0 Å². The van der Waals surface area contributed by atoms with Gasteiger partial charge in [-0.1, -0.05) is 97.1 Å². The molecular weight excluding hydrogens is 494 g/mol. The molecule has 4 heteroatoms. The molecule has 0 unspecified atom stereocenters. The van der Waals surface area contributed by atoms with Crippen molar-refractivity contribution in [3.8, 4) is 22.8 Å². The predicted octanol–water partition coefficient (Wildman–Crippen LogP) is 9.61. The van der Waals surface area contributed by atoms with Crippen molar-refractivity contribution < 1.29 is 0 Å². The van der Waals surface area contributed by atoms with E-state index in [2.05, 4.69) is 97.1 Å². The van der Waals surface area contributed by atoms with E-state index < -0.39 is 0 Å². The zero-order chi connectivity index (χ0) is 25.8. The third-order valence-electron chi connectivity index (χ3n) is 7.50. The number of hydrogen-bond acceptors (Lipinski definition) is 4. The molecule has 3 aromatic heterocycles. The van der Waals surface area contributed by atoms with Gasteiger partial charge in [-0.25, -0.2) is 15.0 Å². The van der Waals surface area contributed by atoms with Crippen LogP contribution in [0.1, 0.15) is 18.5 Å². The van der Waals surface area contributed by atoms with Crippen molar-refractivity contribution in [2.45, 2.75) is 12.8 Å². The normalized spacial score (nSPS) is 13.5. The summed E-state index contributed by atoms with van der Waals surface area (Å²) >= 11 is 1.86. The Bertz CT molecular complexity index is 2120. The predicted molar refractivity (Wildman–Crippen MR) is 165 cm³/mol. The number of nitrogens with zero attached hydrogens (tertiary/aromatic N) is 3. The Balaban J connectivity index is 1.48. The number of aromatic nitrogens is 3. The van der Waals surface area contributed by atoms with Gasteiger partial charge in [0.2, 0.25) is 0 Å². The molecule has 0 radical (unpaired) electrons. The Labute approximate surface area is 229 Å². The maximum absolute atomic E-state index is 5.23. The number of fused-ring (bicyclic) bond motifs is 7. The van der Waals surface area contributed by atoms with E-state index in [0.717, 1.165) is 52.0 Å². The van der Waals surface area contributed by atoms with Gasteiger partial charge in [0.05, 0.1) is 22.6 Å². The Morgan fingerprint density at radius 1 is 0.615 bits per heavy atom. The monoisotopic (exact) mass is 517 g/mol. The number of thiophene rings is 1. The molecule has 1 aliphatic carbocycles. The van der Waals surface area contributed by atoms with Crippen LogP contribution in [0.15, 0.2) is 115 Å². The van der Waals surface area contributed by atoms with Crippen molar-refractivity contribution in [2.24, 2.45) is 0 Å². The molecule has 3 heterocycles. The fourth-order valence-electron chi connectivity index (χ4n) is 5.65. The third-order valence-corrected chi connectivity index (χ3v) is 8.70. The molecule has 3 nitrogen and oxygen atoms in total. The maximum Gasteiger partial charge on any atom is 0.160 e. The Hall–Kier alpha value is -4.67. The van der Waals surface area contributed by atoms with E-state index in [4.69, 9.17) is 15.0 Å². The molecule has 0 bridgehead atoms. The van der Waals surface area contributed by atoms with E-state index in [1.165, 1.54) is 30.9 Å². The van der Waals surface area contributed by atoms with Crippen LogP contribution in [0.25, 0.3) is 70.2 Å². The van der Waals surface area contributed by atoms with Crippen molar-refractivity contribution >= 4 is 58.8 Å². The average Bonchev–Trinajstić information content (AvgIpc) is 3.40. The van der Waals surface area contributed by atoms with Gasteiger partial charge in [0.25, 0.3) is 0 Å². The SMILES string of the molecule is C1=CC(c2cc(-c3nc4ccccc4c4c3ccc3c5ccccc5sc34)nc(-c3ccccc3)n2)=CCC1. The molecular formula is C35H23N3S. The molecule has 7 aromatic rings. The van der Waals surface area contributed by atoms with Crippen LogP contribution in [0.4, 0.5) is 0 Å². The summed E-state index contributed by atoms with van der Waals surface area (Å²) in [6.45, 7) is 0. The molecule has 0 aliphatic heterocycles. The second-order valence-corrected chi connectivity index (χ2v) is 11.0. The fourth-order valence-corrected chi connectivity index (χ4v) is 6.91. The zero-order valence-electron chi connectivity index (χ0n) is 21.1. The first-order valence-electron chi connectivity index (χ1n) is 13.3. The summed E-state index contributed by atoms with van der Waals surface area (Å²) in [5, 5.41) is 6.12. The van der Waals surface area contributed by atoms with Crippen LogP contribution >= 0.6 is 11.3 Å². The number of hydrogen-bond donors (Lipinski definition) is 0. The molecule has 39 heavy (non-hydrogen) atoms.